The van der Waals surface area contributed by atoms with Gasteiger partial charge in [-0.3, -0.25) is 4.79 Å². The molecule has 0 saturated carbocycles. The Bertz CT molecular complexity index is 736. The normalized spacial score (nSPS) is 11.9. The number of amides is 1. The molecule has 0 spiro atoms. The smallest absolute Gasteiger partial charge is 0.227 e. The molecule has 0 aliphatic carbocycles. The molecule has 0 aliphatic rings. The molecule has 0 saturated heterocycles. The summed E-state index contributed by atoms with van der Waals surface area (Å²) < 4.78 is 5.32. The predicted octanol–water partition coefficient (Wildman–Crippen LogP) is 4.52. The van der Waals surface area contributed by atoms with Crippen LogP contribution >= 0.6 is 23.2 Å². The van der Waals surface area contributed by atoms with Crippen LogP contribution in [0.4, 0.5) is 5.69 Å². The lowest BCUT2D eigenvalue weighted by molar-refractivity contribution is -0.118. The third kappa shape index (κ3) is 4.88. The van der Waals surface area contributed by atoms with E-state index in [-0.39, 0.29) is 24.9 Å². The summed E-state index contributed by atoms with van der Waals surface area (Å²) in [5, 5.41) is 10.3. The maximum atomic E-state index is 12.8. The molecule has 4 nitrogen and oxygen atoms in total. The molecule has 1 atom stereocenters. The van der Waals surface area contributed by atoms with E-state index in [9.17, 15) is 9.90 Å². The molecule has 1 amide bonds. The first-order valence-electron chi connectivity index (χ1n) is 7.93. The van der Waals surface area contributed by atoms with Crippen LogP contribution in [-0.4, -0.2) is 31.8 Å². The summed E-state index contributed by atoms with van der Waals surface area (Å²) in [6.07, 6.45) is 0.705. The highest BCUT2D eigenvalue weighted by atomic mass is 35.5. The Morgan fingerprint density at radius 1 is 1.20 bits per heavy atom. The van der Waals surface area contributed by atoms with Gasteiger partial charge in [0.2, 0.25) is 5.91 Å². The average Bonchev–Trinajstić information content (AvgIpc) is 2.62. The van der Waals surface area contributed by atoms with E-state index in [1.54, 1.807) is 31.2 Å². The number of aliphatic hydroxyl groups is 1. The fourth-order valence-corrected chi connectivity index (χ4v) is 3.00. The van der Waals surface area contributed by atoms with Crippen LogP contribution in [0.2, 0.25) is 10.0 Å². The van der Waals surface area contributed by atoms with E-state index in [1.807, 2.05) is 30.3 Å². The van der Waals surface area contributed by atoms with Crippen molar-refractivity contribution in [1.29, 1.82) is 0 Å². The molecule has 0 bridgehead atoms. The highest BCUT2D eigenvalue weighted by Crippen LogP contribution is 2.32. The van der Waals surface area contributed by atoms with Gasteiger partial charge in [0.05, 0.1) is 22.8 Å². The number of methoxy groups -OCH3 is 1. The van der Waals surface area contributed by atoms with Crippen LogP contribution in [-0.2, 0) is 4.79 Å². The third-order valence-corrected chi connectivity index (χ3v) is 4.87. The van der Waals surface area contributed by atoms with Gasteiger partial charge in [-0.15, -0.1) is 0 Å². The van der Waals surface area contributed by atoms with Crippen LogP contribution in [0.1, 0.15) is 24.3 Å². The number of carbonyl (C=O) groups excluding carboxylic acids is 1. The molecule has 0 fully saturated rings. The van der Waals surface area contributed by atoms with Gasteiger partial charge in [-0.05, 0) is 42.2 Å². The molecule has 0 heterocycles. The molecule has 1 unspecified atom stereocenters. The molecule has 0 aliphatic heterocycles. The fraction of sp³-hybridized carbons (Fsp3) is 0.316. The number of nitrogens with zero attached hydrogens (tertiary/aromatic N) is 1. The average molecular weight is 382 g/mol. The van der Waals surface area contributed by atoms with Crippen molar-refractivity contribution in [3.63, 3.8) is 0 Å². The molecule has 134 valence electrons. The van der Waals surface area contributed by atoms with Crippen LogP contribution in [0.3, 0.4) is 0 Å². The first-order chi connectivity index (χ1) is 12.0. The second kappa shape index (κ2) is 9.09. The van der Waals surface area contributed by atoms with E-state index in [0.29, 0.717) is 27.9 Å². The molecule has 6 heteroatoms. The number of para-hydroxylation sites is 2. The van der Waals surface area contributed by atoms with Crippen molar-refractivity contribution in [2.24, 2.45) is 0 Å². The van der Waals surface area contributed by atoms with E-state index in [2.05, 4.69) is 0 Å². The lowest BCUT2D eigenvalue weighted by Crippen LogP contribution is -2.28. The van der Waals surface area contributed by atoms with Crippen LogP contribution in [0.25, 0.3) is 0 Å². The molecular formula is C19H21Cl2NO3. The van der Waals surface area contributed by atoms with E-state index in [4.69, 9.17) is 27.9 Å². The van der Waals surface area contributed by atoms with Gasteiger partial charge in [0, 0.05) is 20.1 Å². The Hall–Kier alpha value is -1.75. The Balaban J connectivity index is 2.20. The Kier molecular flexibility index (Phi) is 7.12. The molecule has 0 aromatic heterocycles. The molecule has 2 aromatic carbocycles. The summed E-state index contributed by atoms with van der Waals surface area (Å²) in [6.45, 7) is -0.0173. The Labute approximate surface area is 157 Å². The second-order valence-corrected chi connectivity index (χ2v) is 6.53. The number of hydrogen-bond donors (Lipinski definition) is 1. The van der Waals surface area contributed by atoms with Crippen molar-refractivity contribution in [3.05, 3.63) is 58.1 Å². The summed E-state index contributed by atoms with van der Waals surface area (Å²) in [5.41, 5.74) is 1.58. The largest absolute Gasteiger partial charge is 0.495 e. The van der Waals surface area contributed by atoms with Crippen molar-refractivity contribution >= 4 is 34.8 Å². The van der Waals surface area contributed by atoms with Gasteiger partial charge in [0.15, 0.2) is 0 Å². The van der Waals surface area contributed by atoms with Crippen molar-refractivity contribution in [2.45, 2.75) is 18.8 Å². The zero-order valence-electron chi connectivity index (χ0n) is 14.2. The second-order valence-electron chi connectivity index (χ2n) is 5.71. The minimum absolute atomic E-state index is 0.0173. The summed E-state index contributed by atoms with van der Waals surface area (Å²) in [5.74, 6) is 0.407. The van der Waals surface area contributed by atoms with Gasteiger partial charge in [-0.25, -0.2) is 0 Å². The van der Waals surface area contributed by atoms with Crippen LogP contribution < -0.4 is 9.64 Å². The maximum Gasteiger partial charge on any atom is 0.227 e. The van der Waals surface area contributed by atoms with E-state index < -0.39 is 0 Å². The van der Waals surface area contributed by atoms with Crippen LogP contribution in [0.5, 0.6) is 5.75 Å². The number of rotatable bonds is 7. The van der Waals surface area contributed by atoms with Gasteiger partial charge >= 0.3 is 0 Å². The highest BCUT2D eigenvalue weighted by Gasteiger charge is 2.21. The SMILES string of the molecule is COc1ccccc1N(C)C(=O)CC(CCO)c1ccc(Cl)c(Cl)c1. The summed E-state index contributed by atoms with van der Waals surface area (Å²) in [6, 6.07) is 12.6. The topological polar surface area (TPSA) is 49.8 Å². The standard InChI is InChI=1S/C19H21Cl2NO3/c1-22(17-5-3-4-6-18(17)25-2)19(24)12-14(9-10-23)13-7-8-15(20)16(21)11-13/h3-8,11,14,23H,9-10,12H2,1-2H3. The third-order valence-electron chi connectivity index (χ3n) is 4.13. The quantitative estimate of drug-likeness (QED) is 0.766. The number of benzene rings is 2. The molecule has 25 heavy (non-hydrogen) atoms. The zero-order valence-corrected chi connectivity index (χ0v) is 15.7. The lowest BCUT2D eigenvalue weighted by Gasteiger charge is -2.23. The summed E-state index contributed by atoms with van der Waals surface area (Å²) in [7, 11) is 3.28. The number of hydrogen-bond acceptors (Lipinski definition) is 3. The molecular weight excluding hydrogens is 361 g/mol. The van der Waals surface area contributed by atoms with Gasteiger partial charge in [-0.2, -0.15) is 0 Å². The van der Waals surface area contributed by atoms with E-state index >= 15 is 0 Å². The maximum absolute atomic E-state index is 12.8. The summed E-state index contributed by atoms with van der Waals surface area (Å²) in [4.78, 5) is 14.3. The first kappa shape index (κ1) is 19.6. The van der Waals surface area contributed by atoms with Gasteiger partial charge in [0.25, 0.3) is 0 Å². The number of aliphatic hydroxyl groups excluding tert-OH is 1. The van der Waals surface area contributed by atoms with Crippen molar-refractivity contribution in [2.75, 3.05) is 25.7 Å². The van der Waals surface area contributed by atoms with Crippen LogP contribution in [0.15, 0.2) is 42.5 Å². The Morgan fingerprint density at radius 3 is 2.56 bits per heavy atom. The minimum Gasteiger partial charge on any atom is -0.495 e. The number of anilines is 1. The fourth-order valence-electron chi connectivity index (χ4n) is 2.70. The van der Waals surface area contributed by atoms with Crippen molar-refractivity contribution in [3.8, 4) is 5.75 Å². The number of ether oxygens (including phenoxy) is 1. The predicted molar refractivity (Wildman–Crippen MR) is 102 cm³/mol. The van der Waals surface area contributed by atoms with Gasteiger partial charge in [0.1, 0.15) is 5.75 Å². The van der Waals surface area contributed by atoms with Crippen molar-refractivity contribution in [1.82, 2.24) is 0 Å². The Morgan fingerprint density at radius 2 is 1.92 bits per heavy atom. The van der Waals surface area contributed by atoms with Gasteiger partial charge < -0.3 is 14.7 Å². The molecule has 2 rings (SSSR count). The number of carbonyl (C=O) groups is 1. The van der Waals surface area contributed by atoms with E-state index in [1.165, 1.54) is 0 Å². The monoisotopic (exact) mass is 381 g/mol. The van der Waals surface area contributed by atoms with Crippen LogP contribution in [0, 0.1) is 0 Å². The molecule has 0 radical (unpaired) electrons. The lowest BCUT2D eigenvalue weighted by atomic mass is 9.92. The molecule has 2 aromatic rings. The first-order valence-corrected chi connectivity index (χ1v) is 8.69. The van der Waals surface area contributed by atoms with E-state index in [0.717, 1.165) is 5.56 Å². The van der Waals surface area contributed by atoms with Gasteiger partial charge in [-0.1, -0.05) is 41.4 Å². The zero-order chi connectivity index (χ0) is 18.4. The molecule has 1 N–H and O–H groups in total. The minimum atomic E-state index is -0.149. The number of halogens is 2. The van der Waals surface area contributed by atoms with Crippen molar-refractivity contribution < 1.29 is 14.6 Å². The summed E-state index contributed by atoms with van der Waals surface area (Å²) >= 11 is 12.0. The highest BCUT2D eigenvalue weighted by molar-refractivity contribution is 6.42.